The van der Waals surface area contributed by atoms with Crippen LogP contribution in [0, 0.1) is 37.5 Å². The van der Waals surface area contributed by atoms with E-state index in [2.05, 4.69) is 28.2 Å². The van der Waals surface area contributed by atoms with Gasteiger partial charge in [-0.2, -0.15) is 5.10 Å². The first-order valence-electron chi connectivity index (χ1n) is 5.86. The number of rotatable bonds is 2. The number of hydrogen-bond donors (Lipinski definition) is 1. The first kappa shape index (κ1) is 17.8. The third kappa shape index (κ3) is 5.50. The van der Waals surface area contributed by atoms with Crippen LogP contribution in [0.5, 0.6) is 0 Å². The lowest BCUT2D eigenvalue weighted by Crippen LogP contribution is -1.94. The molecule has 0 fully saturated rings. The van der Waals surface area contributed by atoms with Crippen LogP contribution in [0.2, 0.25) is 0 Å². The van der Waals surface area contributed by atoms with Crippen molar-refractivity contribution in [3.63, 3.8) is 0 Å². The SMILES string of the molecule is C#N.C#N.Cc1cc(C)nc(-c2ccc(C=NN)cc2)n1. The van der Waals surface area contributed by atoms with Crippen LogP contribution in [0.25, 0.3) is 11.4 Å². The fourth-order valence-corrected chi connectivity index (χ4v) is 1.66. The summed E-state index contributed by atoms with van der Waals surface area (Å²) < 4.78 is 0. The van der Waals surface area contributed by atoms with Gasteiger partial charge in [0.15, 0.2) is 5.82 Å². The van der Waals surface area contributed by atoms with Crippen molar-refractivity contribution in [3.8, 4) is 24.5 Å². The Kier molecular flexibility index (Phi) is 8.16. The van der Waals surface area contributed by atoms with E-state index in [4.69, 9.17) is 16.4 Å². The van der Waals surface area contributed by atoms with E-state index >= 15 is 0 Å². The minimum Gasteiger partial charge on any atom is -0.323 e. The average molecular weight is 280 g/mol. The van der Waals surface area contributed by atoms with E-state index in [1.54, 1.807) is 6.21 Å². The molecule has 0 amide bonds. The number of nitrogens with two attached hydrogens (primary N) is 1. The van der Waals surface area contributed by atoms with Crippen LogP contribution in [-0.4, -0.2) is 16.2 Å². The second-order valence-electron chi connectivity index (χ2n) is 3.87. The number of aromatic nitrogens is 2. The summed E-state index contributed by atoms with van der Waals surface area (Å²) in [7, 11) is 0. The maximum Gasteiger partial charge on any atom is 0.159 e. The molecule has 0 aliphatic heterocycles. The van der Waals surface area contributed by atoms with Crippen molar-refractivity contribution in [3.05, 3.63) is 47.3 Å². The zero-order valence-electron chi connectivity index (χ0n) is 11.9. The summed E-state index contributed by atoms with van der Waals surface area (Å²) in [5.74, 6) is 5.84. The Bertz CT molecular complexity index is 599. The maximum atomic E-state index is 6.50. The summed E-state index contributed by atoms with van der Waals surface area (Å²) in [4.78, 5) is 8.82. The van der Waals surface area contributed by atoms with Gasteiger partial charge in [-0.25, -0.2) is 20.5 Å². The van der Waals surface area contributed by atoms with Gasteiger partial charge in [0, 0.05) is 30.1 Å². The van der Waals surface area contributed by atoms with Crippen molar-refractivity contribution < 1.29 is 0 Å². The summed E-state index contributed by atoms with van der Waals surface area (Å²) in [6.07, 6.45) is 1.60. The molecule has 0 saturated carbocycles. The number of aryl methyl sites for hydroxylation is 2. The molecule has 1 heterocycles. The molecule has 21 heavy (non-hydrogen) atoms. The van der Waals surface area contributed by atoms with Crippen LogP contribution in [0.15, 0.2) is 35.4 Å². The van der Waals surface area contributed by atoms with Crippen molar-refractivity contribution >= 4 is 6.21 Å². The number of nitriles is 2. The van der Waals surface area contributed by atoms with Crippen LogP contribution in [-0.2, 0) is 0 Å². The molecule has 0 saturated heterocycles. The molecule has 0 aliphatic rings. The molecule has 0 unspecified atom stereocenters. The monoisotopic (exact) mass is 280 g/mol. The van der Waals surface area contributed by atoms with E-state index in [-0.39, 0.29) is 0 Å². The smallest absolute Gasteiger partial charge is 0.159 e. The first-order valence-corrected chi connectivity index (χ1v) is 5.86. The predicted molar refractivity (Wildman–Crippen MR) is 82.1 cm³/mol. The minimum atomic E-state index is 0.749. The average Bonchev–Trinajstić information content (AvgIpc) is 2.51. The molecule has 2 N–H and O–H groups in total. The molecule has 0 atom stereocenters. The molecule has 1 aromatic carbocycles. The second-order valence-corrected chi connectivity index (χ2v) is 3.87. The van der Waals surface area contributed by atoms with Crippen molar-refractivity contribution in [1.82, 2.24) is 9.97 Å². The zero-order valence-corrected chi connectivity index (χ0v) is 11.9. The lowest BCUT2D eigenvalue weighted by molar-refractivity contribution is 1.06. The van der Waals surface area contributed by atoms with Crippen LogP contribution < -0.4 is 5.84 Å². The molecule has 0 aliphatic carbocycles. The minimum absolute atomic E-state index is 0.749. The Labute approximate surface area is 124 Å². The maximum absolute atomic E-state index is 6.50. The van der Waals surface area contributed by atoms with E-state index in [0.29, 0.717) is 0 Å². The largest absolute Gasteiger partial charge is 0.323 e. The van der Waals surface area contributed by atoms with Crippen molar-refractivity contribution in [2.75, 3.05) is 0 Å². The highest BCUT2D eigenvalue weighted by atomic mass is 15.1. The van der Waals surface area contributed by atoms with E-state index in [1.165, 1.54) is 0 Å². The molecule has 0 spiro atoms. The molecule has 106 valence electrons. The summed E-state index contributed by atoms with van der Waals surface area (Å²) in [5, 5.41) is 16.5. The molecule has 2 aromatic rings. The summed E-state index contributed by atoms with van der Waals surface area (Å²) in [6, 6.07) is 9.76. The first-order chi connectivity index (χ1) is 10.2. The quantitative estimate of drug-likeness (QED) is 0.515. The van der Waals surface area contributed by atoms with Gasteiger partial charge < -0.3 is 5.84 Å². The summed E-state index contributed by atoms with van der Waals surface area (Å²) in [6.45, 7) is 10.9. The zero-order chi connectivity index (χ0) is 16.3. The Hall–Kier alpha value is -3.25. The van der Waals surface area contributed by atoms with E-state index in [9.17, 15) is 0 Å². The summed E-state index contributed by atoms with van der Waals surface area (Å²) >= 11 is 0. The third-order valence-corrected chi connectivity index (χ3v) is 2.37. The Morgan fingerprint density at radius 2 is 1.48 bits per heavy atom. The normalized spacial score (nSPS) is 9.05. The lowest BCUT2D eigenvalue weighted by Gasteiger charge is -2.03. The number of benzene rings is 1. The van der Waals surface area contributed by atoms with Crippen molar-refractivity contribution in [1.29, 1.82) is 10.5 Å². The van der Waals surface area contributed by atoms with Gasteiger partial charge in [0.1, 0.15) is 0 Å². The van der Waals surface area contributed by atoms with Gasteiger partial charge in [0.25, 0.3) is 0 Å². The van der Waals surface area contributed by atoms with Crippen LogP contribution >= 0.6 is 0 Å². The Morgan fingerprint density at radius 1 is 1.00 bits per heavy atom. The Morgan fingerprint density at radius 3 is 1.90 bits per heavy atom. The van der Waals surface area contributed by atoms with Gasteiger partial charge in [-0.05, 0) is 25.5 Å². The lowest BCUT2D eigenvalue weighted by atomic mass is 10.1. The van der Waals surface area contributed by atoms with Gasteiger partial charge in [-0.3, -0.25) is 0 Å². The van der Waals surface area contributed by atoms with Crippen LogP contribution in [0.1, 0.15) is 17.0 Å². The van der Waals surface area contributed by atoms with Gasteiger partial charge in [-0.15, -0.1) is 0 Å². The number of hydrogen-bond acceptors (Lipinski definition) is 6. The van der Waals surface area contributed by atoms with Crippen molar-refractivity contribution in [2.24, 2.45) is 10.9 Å². The molecule has 0 bridgehead atoms. The molecule has 0 radical (unpaired) electrons. The highest BCUT2D eigenvalue weighted by Crippen LogP contribution is 2.16. The van der Waals surface area contributed by atoms with E-state index in [1.807, 2.05) is 44.2 Å². The summed E-state index contributed by atoms with van der Waals surface area (Å²) in [5.41, 5.74) is 3.90. The van der Waals surface area contributed by atoms with Gasteiger partial charge in [0.2, 0.25) is 0 Å². The number of hydrazone groups is 1. The molecular formula is C15H16N6. The third-order valence-electron chi connectivity index (χ3n) is 2.37. The van der Waals surface area contributed by atoms with Crippen LogP contribution in [0.3, 0.4) is 0 Å². The fourth-order valence-electron chi connectivity index (χ4n) is 1.66. The van der Waals surface area contributed by atoms with Gasteiger partial charge in [-0.1, -0.05) is 24.3 Å². The molecule has 6 nitrogen and oxygen atoms in total. The van der Waals surface area contributed by atoms with E-state index < -0.39 is 0 Å². The van der Waals surface area contributed by atoms with Crippen molar-refractivity contribution in [2.45, 2.75) is 13.8 Å². The van der Waals surface area contributed by atoms with Gasteiger partial charge >= 0.3 is 0 Å². The molecule has 2 rings (SSSR count). The molecule has 1 aromatic heterocycles. The number of nitrogens with zero attached hydrogens (tertiary/aromatic N) is 5. The predicted octanol–water partition coefficient (Wildman–Crippen LogP) is 2.33. The topological polar surface area (TPSA) is 112 Å². The standard InChI is InChI=1S/C13H14N4.2CHN/c1-9-7-10(2)17-13(16-9)12-5-3-11(4-6-12)8-15-14;2*1-2/h3-8H,14H2,1-2H3;2*1H. The second kappa shape index (κ2) is 9.65. The molecule has 6 heteroatoms. The fraction of sp³-hybridized carbons (Fsp3) is 0.133. The highest BCUT2D eigenvalue weighted by Gasteiger charge is 2.02. The highest BCUT2D eigenvalue weighted by molar-refractivity contribution is 5.80. The molecular weight excluding hydrogens is 264 g/mol. The van der Waals surface area contributed by atoms with E-state index in [0.717, 1.165) is 28.3 Å². The van der Waals surface area contributed by atoms with Crippen LogP contribution in [0.4, 0.5) is 0 Å². The van der Waals surface area contributed by atoms with Gasteiger partial charge in [0.05, 0.1) is 6.21 Å². The Balaban J connectivity index is 0.000000921.